The normalized spacial score (nSPS) is 12.9. The maximum Gasteiger partial charge on any atom is 0.419 e. The highest BCUT2D eigenvalue weighted by molar-refractivity contribution is 7.08. The first-order chi connectivity index (χ1) is 9.20. The van der Waals surface area contributed by atoms with E-state index in [1.807, 2.05) is 25.2 Å². The molecule has 1 aromatic carbocycles. The van der Waals surface area contributed by atoms with E-state index in [1.165, 1.54) is 10.1 Å². The molecule has 1 unspecified atom stereocenters. The van der Waals surface area contributed by atoms with Gasteiger partial charge in [-0.15, -0.1) is 0 Å². The summed E-state index contributed by atoms with van der Waals surface area (Å²) in [5, 5.41) is 7.46. The summed E-state index contributed by atoms with van der Waals surface area (Å²) in [5.41, 5.74) is 3.74. The van der Waals surface area contributed by atoms with Gasteiger partial charge in [0.25, 0.3) is 0 Å². The zero-order valence-corrected chi connectivity index (χ0v) is 11.5. The van der Waals surface area contributed by atoms with Crippen molar-refractivity contribution in [1.29, 1.82) is 0 Å². The molecule has 1 atom stereocenters. The van der Waals surface area contributed by atoms with Crippen LogP contribution in [0, 0.1) is 0 Å². The number of oxazole rings is 1. The van der Waals surface area contributed by atoms with Crippen LogP contribution in [0.1, 0.15) is 17.2 Å². The summed E-state index contributed by atoms with van der Waals surface area (Å²) in [6, 6.07) is 8.08. The van der Waals surface area contributed by atoms with Crippen LogP contribution < -0.4 is 11.1 Å². The number of benzene rings is 1. The largest absolute Gasteiger partial charge is 0.419 e. The van der Waals surface area contributed by atoms with E-state index in [1.54, 1.807) is 18.4 Å². The van der Waals surface area contributed by atoms with E-state index >= 15 is 0 Å². The molecule has 1 N–H and O–H groups in total. The van der Waals surface area contributed by atoms with E-state index in [2.05, 4.69) is 22.1 Å². The van der Waals surface area contributed by atoms with Crippen LogP contribution >= 0.6 is 11.3 Å². The van der Waals surface area contributed by atoms with Crippen molar-refractivity contribution in [2.24, 2.45) is 7.05 Å². The minimum atomic E-state index is -0.330. The van der Waals surface area contributed by atoms with Crippen LogP contribution in [0.4, 0.5) is 0 Å². The third-order valence-corrected chi connectivity index (χ3v) is 4.02. The molecular formula is C14H14N2O2S. The van der Waals surface area contributed by atoms with Crippen LogP contribution in [0.5, 0.6) is 0 Å². The molecule has 3 aromatic rings. The maximum atomic E-state index is 11.5. The summed E-state index contributed by atoms with van der Waals surface area (Å²) in [5.74, 6) is -0.330. The number of hydrogen-bond donors (Lipinski definition) is 1. The van der Waals surface area contributed by atoms with Crippen LogP contribution in [0.2, 0.25) is 0 Å². The molecule has 0 saturated heterocycles. The molecule has 2 aromatic heterocycles. The van der Waals surface area contributed by atoms with Crippen molar-refractivity contribution < 1.29 is 4.42 Å². The summed E-state index contributed by atoms with van der Waals surface area (Å²) in [4.78, 5) is 11.5. The summed E-state index contributed by atoms with van der Waals surface area (Å²) in [6.07, 6.45) is 0. The van der Waals surface area contributed by atoms with Crippen LogP contribution in [0.25, 0.3) is 11.1 Å². The predicted molar refractivity (Wildman–Crippen MR) is 76.7 cm³/mol. The summed E-state index contributed by atoms with van der Waals surface area (Å²) in [7, 11) is 3.63. The number of hydrogen-bond acceptors (Lipinski definition) is 4. The van der Waals surface area contributed by atoms with Gasteiger partial charge >= 0.3 is 5.76 Å². The van der Waals surface area contributed by atoms with E-state index in [0.717, 1.165) is 11.1 Å². The molecule has 98 valence electrons. The smallest absolute Gasteiger partial charge is 0.408 e. The Bertz CT molecular complexity index is 755. The van der Waals surface area contributed by atoms with Crippen molar-refractivity contribution in [3.63, 3.8) is 0 Å². The molecule has 0 aliphatic heterocycles. The lowest BCUT2D eigenvalue weighted by Gasteiger charge is -2.15. The average molecular weight is 274 g/mol. The quantitative estimate of drug-likeness (QED) is 0.798. The SMILES string of the molecule is CNC(c1ccsc1)c1ccc2c(c1)oc(=O)n2C. The Morgan fingerprint density at radius 1 is 1.32 bits per heavy atom. The lowest BCUT2D eigenvalue weighted by Crippen LogP contribution is -2.16. The Balaban J connectivity index is 2.12. The molecule has 0 bridgehead atoms. The molecular weight excluding hydrogens is 260 g/mol. The molecule has 0 amide bonds. The fourth-order valence-electron chi connectivity index (χ4n) is 2.30. The first-order valence-electron chi connectivity index (χ1n) is 5.99. The molecule has 0 radical (unpaired) electrons. The number of thiophene rings is 1. The number of nitrogens with zero attached hydrogens (tertiary/aromatic N) is 1. The highest BCUT2D eigenvalue weighted by atomic mass is 32.1. The average Bonchev–Trinajstić information content (AvgIpc) is 3.01. The molecule has 0 saturated carbocycles. The first kappa shape index (κ1) is 12.2. The van der Waals surface area contributed by atoms with Crippen LogP contribution in [-0.4, -0.2) is 11.6 Å². The fourth-order valence-corrected chi connectivity index (χ4v) is 2.98. The third-order valence-electron chi connectivity index (χ3n) is 3.31. The van der Waals surface area contributed by atoms with Crippen LogP contribution in [0.15, 0.2) is 44.2 Å². The van der Waals surface area contributed by atoms with E-state index in [-0.39, 0.29) is 11.8 Å². The van der Waals surface area contributed by atoms with E-state index in [0.29, 0.717) is 5.58 Å². The second-order valence-electron chi connectivity index (χ2n) is 4.43. The van der Waals surface area contributed by atoms with Crippen molar-refractivity contribution in [3.8, 4) is 0 Å². The zero-order chi connectivity index (χ0) is 13.4. The molecule has 3 rings (SSSR count). The lowest BCUT2D eigenvalue weighted by molar-refractivity contribution is 0.527. The second-order valence-corrected chi connectivity index (χ2v) is 5.21. The second kappa shape index (κ2) is 4.68. The Kier molecular flexibility index (Phi) is 3.00. The highest BCUT2D eigenvalue weighted by Crippen LogP contribution is 2.26. The van der Waals surface area contributed by atoms with E-state index < -0.39 is 0 Å². The number of nitrogens with one attached hydrogen (secondary N) is 1. The molecule has 19 heavy (non-hydrogen) atoms. The summed E-state index contributed by atoms with van der Waals surface area (Å²) < 4.78 is 6.75. The topological polar surface area (TPSA) is 47.2 Å². The van der Waals surface area contributed by atoms with Gasteiger partial charge in [0.2, 0.25) is 0 Å². The molecule has 0 aliphatic carbocycles. The minimum absolute atomic E-state index is 0.112. The number of aryl methyl sites for hydroxylation is 1. The first-order valence-corrected chi connectivity index (χ1v) is 6.94. The zero-order valence-electron chi connectivity index (χ0n) is 10.7. The van der Waals surface area contributed by atoms with Gasteiger partial charge in [0.05, 0.1) is 11.6 Å². The van der Waals surface area contributed by atoms with Crippen molar-refractivity contribution in [2.75, 3.05) is 7.05 Å². The van der Waals surface area contributed by atoms with Gasteiger partial charge in [0.1, 0.15) is 0 Å². The Morgan fingerprint density at radius 3 is 2.84 bits per heavy atom. The monoisotopic (exact) mass is 274 g/mol. The van der Waals surface area contributed by atoms with Crippen LogP contribution in [0.3, 0.4) is 0 Å². The van der Waals surface area contributed by atoms with Gasteiger partial charge in [-0.2, -0.15) is 11.3 Å². The van der Waals surface area contributed by atoms with Gasteiger partial charge in [-0.1, -0.05) is 6.07 Å². The van der Waals surface area contributed by atoms with Crippen LogP contribution in [-0.2, 0) is 7.05 Å². The van der Waals surface area contributed by atoms with Gasteiger partial charge in [-0.05, 0) is 47.1 Å². The molecule has 4 nitrogen and oxygen atoms in total. The van der Waals surface area contributed by atoms with Gasteiger partial charge in [-0.3, -0.25) is 4.57 Å². The highest BCUT2D eigenvalue weighted by Gasteiger charge is 2.14. The van der Waals surface area contributed by atoms with Crippen molar-refractivity contribution >= 4 is 22.4 Å². The number of aromatic nitrogens is 1. The molecule has 0 fully saturated rings. The molecule has 0 aliphatic rings. The van der Waals surface area contributed by atoms with Gasteiger partial charge in [0.15, 0.2) is 5.58 Å². The van der Waals surface area contributed by atoms with Gasteiger partial charge in [0, 0.05) is 7.05 Å². The standard InChI is InChI=1S/C14H14N2O2S/c1-15-13(10-5-6-19-8-10)9-3-4-11-12(7-9)18-14(17)16(11)2/h3-8,13,15H,1-2H3. The van der Waals surface area contributed by atoms with E-state index in [9.17, 15) is 4.79 Å². The molecule has 0 spiro atoms. The van der Waals surface area contributed by atoms with Gasteiger partial charge < -0.3 is 9.73 Å². The molecule has 5 heteroatoms. The van der Waals surface area contributed by atoms with Crippen molar-refractivity contribution in [1.82, 2.24) is 9.88 Å². The molecule has 2 heterocycles. The third kappa shape index (κ3) is 2.01. The Morgan fingerprint density at radius 2 is 2.16 bits per heavy atom. The predicted octanol–water partition coefficient (Wildman–Crippen LogP) is 2.50. The maximum absolute atomic E-state index is 11.5. The fraction of sp³-hybridized carbons (Fsp3) is 0.214. The van der Waals surface area contributed by atoms with Crippen molar-refractivity contribution in [3.05, 3.63) is 56.7 Å². The number of fused-ring (bicyclic) bond motifs is 1. The Labute approximate surface area is 114 Å². The Hall–Kier alpha value is -1.85. The van der Waals surface area contributed by atoms with E-state index in [4.69, 9.17) is 4.42 Å². The summed E-state index contributed by atoms with van der Waals surface area (Å²) >= 11 is 1.67. The lowest BCUT2D eigenvalue weighted by atomic mass is 10.0. The summed E-state index contributed by atoms with van der Waals surface area (Å²) in [6.45, 7) is 0. The number of rotatable bonds is 3. The van der Waals surface area contributed by atoms with Gasteiger partial charge in [-0.25, -0.2) is 4.79 Å². The van der Waals surface area contributed by atoms with Crippen molar-refractivity contribution in [2.45, 2.75) is 6.04 Å². The minimum Gasteiger partial charge on any atom is -0.408 e.